The number of benzene rings is 1. The SMILES string of the molecule is CCCOc1ccc(C(=O)NCC(=O)N/N=C\c2cccnc2)cc1. The Kier molecular flexibility index (Phi) is 7.12. The van der Waals surface area contributed by atoms with Crippen molar-refractivity contribution in [3.63, 3.8) is 0 Å². The third kappa shape index (κ3) is 6.42. The second-order valence-corrected chi connectivity index (χ2v) is 5.14. The van der Waals surface area contributed by atoms with Gasteiger partial charge in [0.2, 0.25) is 0 Å². The maximum absolute atomic E-state index is 12.0. The molecule has 1 aromatic heterocycles. The molecule has 2 aromatic rings. The fraction of sp³-hybridized carbons (Fsp3) is 0.222. The first-order chi connectivity index (χ1) is 12.2. The summed E-state index contributed by atoms with van der Waals surface area (Å²) in [6, 6.07) is 10.3. The van der Waals surface area contributed by atoms with Crippen LogP contribution in [0.4, 0.5) is 0 Å². The number of pyridine rings is 1. The minimum Gasteiger partial charge on any atom is -0.494 e. The van der Waals surface area contributed by atoms with E-state index in [9.17, 15) is 9.59 Å². The highest BCUT2D eigenvalue weighted by atomic mass is 16.5. The molecule has 25 heavy (non-hydrogen) atoms. The second-order valence-electron chi connectivity index (χ2n) is 5.14. The molecular formula is C18H20N4O3. The molecule has 1 aromatic carbocycles. The van der Waals surface area contributed by atoms with Gasteiger partial charge in [-0.2, -0.15) is 5.10 Å². The molecule has 7 heteroatoms. The number of ether oxygens (including phenoxy) is 1. The minimum absolute atomic E-state index is 0.169. The number of amides is 2. The van der Waals surface area contributed by atoms with Crippen LogP contribution in [0.1, 0.15) is 29.3 Å². The highest BCUT2D eigenvalue weighted by Gasteiger charge is 2.07. The Bertz CT molecular complexity index is 715. The molecule has 0 bridgehead atoms. The molecule has 130 valence electrons. The highest BCUT2D eigenvalue weighted by molar-refractivity contribution is 5.96. The van der Waals surface area contributed by atoms with Gasteiger partial charge < -0.3 is 10.1 Å². The van der Waals surface area contributed by atoms with Gasteiger partial charge in [-0.25, -0.2) is 5.43 Å². The number of hydrazone groups is 1. The van der Waals surface area contributed by atoms with Crippen molar-refractivity contribution in [2.75, 3.05) is 13.2 Å². The van der Waals surface area contributed by atoms with Crippen LogP contribution >= 0.6 is 0 Å². The van der Waals surface area contributed by atoms with E-state index in [1.165, 1.54) is 6.21 Å². The maximum Gasteiger partial charge on any atom is 0.259 e. The quantitative estimate of drug-likeness (QED) is 0.565. The fourth-order valence-electron chi connectivity index (χ4n) is 1.86. The average Bonchev–Trinajstić information content (AvgIpc) is 2.65. The Morgan fingerprint density at radius 3 is 2.72 bits per heavy atom. The van der Waals surface area contributed by atoms with E-state index in [4.69, 9.17) is 4.74 Å². The fourth-order valence-corrected chi connectivity index (χ4v) is 1.86. The molecule has 0 aliphatic carbocycles. The number of hydrogen-bond donors (Lipinski definition) is 2. The smallest absolute Gasteiger partial charge is 0.259 e. The zero-order valence-corrected chi connectivity index (χ0v) is 13.9. The van der Waals surface area contributed by atoms with Crippen molar-refractivity contribution < 1.29 is 14.3 Å². The number of rotatable bonds is 8. The molecule has 7 nitrogen and oxygen atoms in total. The number of carbonyl (C=O) groups excluding carboxylic acids is 2. The van der Waals surface area contributed by atoms with Crippen molar-refractivity contribution in [3.8, 4) is 5.75 Å². The summed E-state index contributed by atoms with van der Waals surface area (Å²) in [5, 5.41) is 6.33. The Morgan fingerprint density at radius 1 is 1.24 bits per heavy atom. The van der Waals surface area contributed by atoms with Crippen molar-refractivity contribution in [3.05, 3.63) is 59.9 Å². The monoisotopic (exact) mass is 340 g/mol. The number of nitrogens with one attached hydrogen (secondary N) is 2. The lowest BCUT2D eigenvalue weighted by molar-refractivity contribution is -0.120. The largest absolute Gasteiger partial charge is 0.494 e. The molecule has 0 aliphatic rings. The summed E-state index contributed by atoms with van der Waals surface area (Å²) in [6.07, 6.45) is 5.65. The third-order valence-corrected chi connectivity index (χ3v) is 3.09. The predicted octanol–water partition coefficient (Wildman–Crippen LogP) is 1.75. The molecule has 0 radical (unpaired) electrons. The van der Waals surface area contributed by atoms with E-state index in [1.54, 1.807) is 48.8 Å². The van der Waals surface area contributed by atoms with Gasteiger partial charge in [0.15, 0.2) is 0 Å². The Balaban J connectivity index is 1.75. The van der Waals surface area contributed by atoms with Crippen LogP contribution in [-0.4, -0.2) is 36.2 Å². The van der Waals surface area contributed by atoms with Crippen molar-refractivity contribution >= 4 is 18.0 Å². The molecule has 2 N–H and O–H groups in total. The van der Waals surface area contributed by atoms with Crippen LogP contribution < -0.4 is 15.5 Å². The van der Waals surface area contributed by atoms with Crippen LogP contribution in [0.2, 0.25) is 0 Å². The average molecular weight is 340 g/mol. The first kappa shape index (κ1) is 18.1. The van der Waals surface area contributed by atoms with Crippen LogP contribution in [0.3, 0.4) is 0 Å². The number of aromatic nitrogens is 1. The molecule has 0 atom stereocenters. The molecule has 0 spiro atoms. The van der Waals surface area contributed by atoms with Crippen LogP contribution in [0.25, 0.3) is 0 Å². The van der Waals surface area contributed by atoms with Crippen LogP contribution in [-0.2, 0) is 4.79 Å². The van der Waals surface area contributed by atoms with Crippen molar-refractivity contribution in [2.24, 2.45) is 5.10 Å². The summed E-state index contributed by atoms with van der Waals surface area (Å²) in [5.74, 6) is -0.0503. The zero-order valence-electron chi connectivity index (χ0n) is 13.9. The molecule has 2 amide bonds. The number of carbonyl (C=O) groups is 2. The molecule has 2 rings (SSSR count). The molecule has 1 heterocycles. The van der Waals surface area contributed by atoms with Gasteiger partial charge in [-0.3, -0.25) is 14.6 Å². The summed E-state index contributed by atoms with van der Waals surface area (Å²) in [7, 11) is 0. The summed E-state index contributed by atoms with van der Waals surface area (Å²) in [4.78, 5) is 27.6. The summed E-state index contributed by atoms with van der Waals surface area (Å²) in [6.45, 7) is 2.48. The minimum atomic E-state index is -0.420. The van der Waals surface area contributed by atoms with E-state index in [-0.39, 0.29) is 12.5 Å². The van der Waals surface area contributed by atoms with E-state index in [0.717, 1.165) is 12.0 Å². The van der Waals surface area contributed by atoms with Gasteiger partial charge in [0, 0.05) is 23.5 Å². The Hall–Kier alpha value is -3.22. The second kappa shape index (κ2) is 9.82. The topological polar surface area (TPSA) is 92.7 Å². The molecular weight excluding hydrogens is 320 g/mol. The van der Waals surface area contributed by atoms with Crippen LogP contribution in [0, 0.1) is 0 Å². The Labute approximate surface area is 146 Å². The van der Waals surface area contributed by atoms with Crippen molar-refractivity contribution in [1.29, 1.82) is 0 Å². The van der Waals surface area contributed by atoms with E-state index in [2.05, 4.69) is 20.8 Å². The van der Waals surface area contributed by atoms with Gasteiger partial charge in [0.1, 0.15) is 5.75 Å². The van der Waals surface area contributed by atoms with Crippen molar-refractivity contribution in [1.82, 2.24) is 15.7 Å². The first-order valence-corrected chi connectivity index (χ1v) is 7.92. The molecule has 0 aliphatic heterocycles. The summed E-state index contributed by atoms with van der Waals surface area (Å²) >= 11 is 0. The Morgan fingerprint density at radius 2 is 2.04 bits per heavy atom. The van der Waals surface area contributed by atoms with Gasteiger partial charge in [0.25, 0.3) is 11.8 Å². The van der Waals surface area contributed by atoms with Gasteiger partial charge in [-0.05, 0) is 36.8 Å². The van der Waals surface area contributed by atoms with E-state index in [1.807, 2.05) is 6.92 Å². The van der Waals surface area contributed by atoms with E-state index in [0.29, 0.717) is 17.9 Å². The van der Waals surface area contributed by atoms with E-state index >= 15 is 0 Å². The molecule has 0 unspecified atom stereocenters. The van der Waals surface area contributed by atoms with Crippen molar-refractivity contribution in [2.45, 2.75) is 13.3 Å². The maximum atomic E-state index is 12.0. The predicted molar refractivity (Wildman–Crippen MR) is 94.5 cm³/mol. The molecule has 0 saturated heterocycles. The first-order valence-electron chi connectivity index (χ1n) is 7.92. The summed E-state index contributed by atoms with van der Waals surface area (Å²) in [5.41, 5.74) is 3.55. The normalized spacial score (nSPS) is 10.4. The number of hydrogen-bond acceptors (Lipinski definition) is 5. The highest BCUT2D eigenvalue weighted by Crippen LogP contribution is 2.12. The summed E-state index contributed by atoms with van der Waals surface area (Å²) < 4.78 is 5.45. The lowest BCUT2D eigenvalue weighted by Crippen LogP contribution is -2.34. The third-order valence-electron chi connectivity index (χ3n) is 3.09. The lowest BCUT2D eigenvalue weighted by atomic mass is 10.2. The number of nitrogens with zero attached hydrogens (tertiary/aromatic N) is 2. The van der Waals surface area contributed by atoms with Gasteiger partial charge >= 0.3 is 0 Å². The van der Waals surface area contributed by atoms with Crippen LogP contribution in [0.5, 0.6) is 5.75 Å². The van der Waals surface area contributed by atoms with Gasteiger partial charge in [-0.15, -0.1) is 0 Å². The zero-order chi connectivity index (χ0) is 17.9. The molecule has 0 saturated carbocycles. The standard InChI is InChI=1S/C18H20N4O3/c1-2-10-25-16-7-5-15(6-8-16)18(24)20-13-17(23)22-21-12-14-4-3-9-19-11-14/h3-9,11-12H,2,10,13H2,1H3,(H,20,24)(H,22,23)/b21-12-. The van der Waals surface area contributed by atoms with E-state index < -0.39 is 5.91 Å². The van der Waals surface area contributed by atoms with Crippen LogP contribution in [0.15, 0.2) is 53.9 Å². The van der Waals surface area contributed by atoms with Gasteiger partial charge in [-0.1, -0.05) is 13.0 Å². The van der Waals surface area contributed by atoms with Gasteiger partial charge in [0.05, 0.1) is 19.4 Å². The molecule has 0 fully saturated rings. The lowest BCUT2D eigenvalue weighted by Gasteiger charge is -2.06.